The van der Waals surface area contributed by atoms with Crippen LogP contribution >= 0.6 is 0 Å². The number of ether oxygens (including phenoxy) is 1. The van der Waals surface area contributed by atoms with E-state index in [0.29, 0.717) is 0 Å². The smallest absolute Gasteiger partial charge is 0.0945 e. The Bertz CT molecular complexity index is 411. The molecule has 0 spiro atoms. The zero-order chi connectivity index (χ0) is 11.9. The van der Waals surface area contributed by atoms with E-state index in [1.807, 2.05) is 24.8 Å². The van der Waals surface area contributed by atoms with Crippen molar-refractivity contribution in [1.82, 2.24) is 9.55 Å². The number of aryl methyl sites for hydroxylation is 1. The molecule has 1 heterocycles. The van der Waals surface area contributed by atoms with Crippen LogP contribution in [-0.4, -0.2) is 16.7 Å². The molecule has 90 valence electrons. The van der Waals surface area contributed by atoms with E-state index >= 15 is 0 Å². The maximum atomic E-state index is 5.53. The Kier molecular flexibility index (Phi) is 4.33. The molecule has 0 aliphatic carbocycles. The van der Waals surface area contributed by atoms with E-state index in [1.54, 1.807) is 7.11 Å². The van der Waals surface area contributed by atoms with E-state index in [4.69, 9.17) is 4.74 Å². The highest BCUT2D eigenvalue weighted by molar-refractivity contribution is 5.17. The Morgan fingerprint density at radius 1 is 1.29 bits per heavy atom. The number of benzene rings is 1. The Morgan fingerprint density at radius 3 is 2.76 bits per heavy atom. The molecule has 17 heavy (non-hydrogen) atoms. The summed E-state index contributed by atoms with van der Waals surface area (Å²) in [5.41, 5.74) is 1.25. The summed E-state index contributed by atoms with van der Waals surface area (Å²) in [6.45, 7) is 0.993. The van der Waals surface area contributed by atoms with Gasteiger partial charge in [-0.3, -0.25) is 0 Å². The summed E-state index contributed by atoms with van der Waals surface area (Å²) >= 11 is 0. The Hall–Kier alpha value is -1.61. The molecule has 0 radical (unpaired) electrons. The summed E-state index contributed by atoms with van der Waals surface area (Å²) in [6, 6.07) is 10.4. The molecule has 0 amide bonds. The SMILES string of the molecule is COC(CCCn1ccnc1)c1ccccc1. The highest BCUT2D eigenvalue weighted by atomic mass is 16.5. The molecule has 3 heteroatoms. The molecular formula is C14H18N2O. The van der Waals surface area contributed by atoms with Crippen LogP contribution in [0.5, 0.6) is 0 Å². The largest absolute Gasteiger partial charge is 0.377 e. The Morgan fingerprint density at radius 2 is 2.12 bits per heavy atom. The van der Waals surface area contributed by atoms with Crippen LogP contribution in [-0.2, 0) is 11.3 Å². The molecule has 2 rings (SSSR count). The molecule has 3 nitrogen and oxygen atoms in total. The number of methoxy groups -OCH3 is 1. The Balaban J connectivity index is 1.84. The topological polar surface area (TPSA) is 27.1 Å². The lowest BCUT2D eigenvalue weighted by Gasteiger charge is -2.15. The maximum absolute atomic E-state index is 5.53. The minimum absolute atomic E-state index is 0.194. The molecule has 0 N–H and O–H groups in total. The lowest BCUT2D eigenvalue weighted by atomic mass is 10.0. The van der Waals surface area contributed by atoms with Gasteiger partial charge in [0.05, 0.1) is 12.4 Å². The van der Waals surface area contributed by atoms with Crippen molar-refractivity contribution in [1.29, 1.82) is 0 Å². The third-order valence-electron chi connectivity index (χ3n) is 2.90. The summed E-state index contributed by atoms with van der Waals surface area (Å²) in [6.07, 6.45) is 7.96. The van der Waals surface area contributed by atoms with Crippen LogP contribution < -0.4 is 0 Å². The number of hydrogen-bond acceptors (Lipinski definition) is 2. The first-order valence-electron chi connectivity index (χ1n) is 5.93. The quantitative estimate of drug-likeness (QED) is 0.762. The van der Waals surface area contributed by atoms with Crippen molar-refractivity contribution < 1.29 is 4.74 Å². The summed E-state index contributed by atoms with van der Waals surface area (Å²) < 4.78 is 7.63. The van der Waals surface area contributed by atoms with Gasteiger partial charge in [-0.15, -0.1) is 0 Å². The van der Waals surface area contributed by atoms with Gasteiger partial charge in [0.1, 0.15) is 0 Å². The monoisotopic (exact) mass is 230 g/mol. The van der Waals surface area contributed by atoms with Crippen molar-refractivity contribution in [2.75, 3.05) is 7.11 Å². The van der Waals surface area contributed by atoms with Gasteiger partial charge in [-0.2, -0.15) is 0 Å². The third kappa shape index (κ3) is 3.43. The second-order valence-electron chi connectivity index (χ2n) is 4.08. The van der Waals surface area contributed by atoms with Crippen molar-refractivity contribution in [2.24, 2.45) is 0 Å². The first-order valence-corrected chi connectivity index (χ1v) is 5.93. The zero-order valence-corrected chi connectivity index (χ0v) is 10.1. The van der Waals surface area contributed by atoms with Crippen LogP contribution in [0.25, 0.3) is 0 Å². The summed E-state index contributed by atoms with van der Waals surface area (Å²) in [7, 11) is 1.77. The van der Waals surface area contributed by atoms with Crippen LogP contribution in [0.2, 0.25) is 0 Å². The molecule has 0 bridgehead atoms. The highest BCUT2D eigenvalue weighted by Crippen LogP contribution is 2.21. The van der Waals surface area contributed by atoms with Gasteiger partial charge in [-0.1, -0.05) is 30.3 Å². The second kappa shape index (κ2) is 6.21. The van der Waals surface area contributed by atoms with Gasteiger partial charge in [0.15, 0.2) is 0 Å². The van der Waals surface area contributed by atoms with Gasteiger partial charge in [0, 0.05) is 26.0 Å². The van der Waals surface area contributed by atoms with E-state index in [9.17, 15) is 0 Å². The number of nitrogens with zero attached hydrogens (tertiary/aromatic N) is 2. The minimum Gasteiger partial charge on any atom is -0.377 e. The predicted octanol–water partition coefficient (Wildman–Crippen LogP) is 3.05. The molecular weight excluding hydrogens is 212 g/mol. The highest BCUT2D eigenvalue weighted by Gasteiger charge is 2.09. The average Bonchev–Trinajstić information content (AvgIpc) is 2.89. The number of aromatic nitrogens is 2. The summed E-state index contributed by atoms with van der Waals surface area (Å²) in [5.74, 6) is 0. The first kappa shape index (κ1) is 11.9. The lowest BCUT2D eigenvalue weighted by molar-refractivity contribution is 0.0926. The van der Waals surface area contributed by atoms with Crippen LogP contribution in [0.3, 0.4) is 0 Å². The van der Waals surface area contributed by atoms with Crippen molar-refractivity contribution in [3.63, 3.8) is 0 Å². The second-order valence-corrected chi connectivity index (χ2v) is 4.08. The van der Waals surface area contributed by atoms with E-state index in [2.05, 4.69) is 33.8 Å². The van der Waals surface area contributed by atoms with Crippen molar-refractivity contribution >= 4 is 0 Å². The van der Waals surface area contributed by atoms with Crippen LogP contribution in [0.15, 0.2) is 49.1 Å². The molecule has 1 atom stereocenters. The van der Waals surface area contributed by atoms with Crippen LogP contribution in [0.4, 0.5) is 0 Å². The van der Waals surface area contributed by atoms with Crippen molar-refractivity contribution in [2.45, 2.75) is 25.5 Å². The molecule has 1 aromatic carbocycles. The molecule has 0 saturated heterocycles. The van der Waals surface area contributed by atoms with E-state index < -0.39 is 0 Å². The van der Waals surface area contributed by atoms with Crippen LogP contribution in [0.1, 0.15) is 24.5 Å². The van der Waals surface area contributed by atoms with Gasteiger partial charge in [-0.05, 0) is 18.4 Å². The van der Waals surface area contributed by atoms with Crippen molar-refractivity contribution in [3.8, 4) is 0 Å². The average molecular weight is 230 g/mol. The maximum Gasteiger partial charge on any atom is 0.0945 e. The summed E-state index contributed by atoms with van der Waals surface area (Å²) in [4.78, 5) is 4.03. The fourth-order valence-corrected chi connectivity index (χ4v) is 1.97. The van der Waals surface area contributed by atoms with E-state index in [-0.39, 0.29) is 6.10 Å². The standard InChI is InChI=1S/C14H18N2O/c1-17-14(13-6-3-2-4-7-13)8-5-10-16-11-9-15-12-16/h2-4,6-7,9,11-12,14H,5,8,10H2,1H3. The number of rotatable bonds is 6. The molecule has 2 aromatic rings. The van der Waals surface area contributed by atoms with Gasteiger partial charge in [0.2, 0.25) is 0 Å². The zero-order valence-electron chi connectivity index (χ0n) is 10.1. The first-order chi connectivity index (χ1) is 8.40. The fraction of sp³-hybridized carbons (Fsp3) is 0.357. The molecule has 0 aliphatic rings. The minimum atomic E-state index is 0.194. The fourth-order valence-electron chi connectivity index (χ4n) is 1.97. The molecule has 0 saturated carbocycles. The number of imidazole rings is 1. The number of hydrogen-bond donors (Lipinski definition) is 0. The lowest BCUT2D eigenvalue weighted by Crippen LogP contribution is -2.03. The molecule has 0 aliphatic heterocycles. The van der Waals surface area contributed by atoms with E-state index in [0.717, 1.165) is 19.4 Å². The molecule has 0 fully saturated rings. The van der Waals surface area contributed by atoms with Gasteiger partial charge < -0.3 is 9.30 Å². The van der Waals surface area contributed by atoms with Gasteiger partial charge in [0.25, 0.3) is 0 Å². The van der Waals surface area contributed by atoms with Crippen LogP contribution in [0, 0.1) is 0 Å². The third-order valence-corrected chi connectivity index (χ3v) is 2.90. The Labute approximate surface area is 102 Å². The van der Waals surface area contributed by atoms with Crippen molar-refractivity contribution in [3.05, 3.63) is 54.6 Å². The van der Waals surface area contributed by atoms with Gasteiger partial charge >= 0.3 is 0 Å². The van der Waals surface area contributed by atoms with E-state index in [1.165, 1.54) is 5.56 Å². The molecule has 1 aromatic heterocycles. The predicted molar refractivity (Wildman–Crippen MR) is 67.7 cm³/mol. The summed E-state index contributed by atoms with van der Waals surface area (Å²) in [5, 5.41) is 0. The molecule has 1 unspecified atom stereocenters. The van der Waals surface area contributed by atoms with Gasteiger partial charge in [-0.25, -0.2) is 4.98 Å². The normalized spacial score (nSPS) is 12.5.